The Morgan fingerprint density at radius 2 is 0.661 bits per heavy atom. The van der Waals surface area contributed by atoms with Crippen molar-refractivity contribution in [2.24, 2.45) is 0 Å². The van der Waals surface area contributed by atoms with Crippen molar-refractivity contribution in [3.8, 4) is 0 Å². The van der Waals surface area contributed by atoms with Crippen LogP contribution in [-0.2, 0) is 186 Å². The van der Waals surface area contributed by atoms with Crippen molar-refractivity contribution in [2.75, 3.05) is 198 Å². The Morgan fingerprint density at radius 1 is 0.379 bits per heavy atom. The van der Waals surface area contributed by atoms with Crippen molar-refractivity contribution in [2.45, 2.75) is 248 Å². The third-order valence-corrected chi connectivity index (χ3v) is 21.0. The van der Waals surface area contributed by atoms with Gasteiger partial charge in [0.15, 0.2) is 36.2 Å². The van der Waals surface area contributed by atoms with Crippen molar-refractivity contribution in [1.29, 1.82) is 0 Å². The van der Waals surface area contributed by atoms with E-state index in [1.165, 1.54) is 20.8 Å². The van der Waals surface area contributed by atoms with Crippen LogP contribution in [0.3, 0.4) is 0 Å². The van der Waals surface area contributed by atoms with Crippen molar-refractivity contribution in [1.82, 2.24) is 66.2 Å². The number of ether oxygens (including phenoxy) is 28. The highest BCUT2D eigenvalue weighted by Gasteiger charge is 2.69. The maximum atomic E-state index is 13.8. The second kappa shape index (κ2) is 45.5. The van der Waals surface area contributed by atoms with Crippen LogP contribution in [0.1, 0.15) is 107 Å². The maximum absolute atomic E-state index is 13.8. The topological polar surface area (TPSA) is 467 Å². The fourth-order valence-corrected chi connectivity index (χ4v) is 15.8. The van der Waals surface area contributed by atoms with Gasteiger partial charge in [0, 0.05) is 33.8 Å². The molecule has 0 spiro atoms. The van der Waals surface area contributed by atoms with Crippen LogP contribution in [-0.4, -0.2) is 386 Å². The van der Waals surface area contributed by atoms with Crippen molar-refractivity contribution in [3.05, 3.63) is 35.7 Å². The Balaban J connectivity index is 0.534. The van der Waals surface area contributed by atoms with E-state index < -0.39 is 125 Å². The number of nitrogens with one attached hydrogen (secondary N) is 4. The van der Waals surface area contributed by atoms with Crippen LogP contribution in [0.2, 0.25) is 0 Å². The lowest BCUT2D eigenvalue weighted by atomic mass is 9.85. The lowest BCUT2D eigenvalue weighted by molar-refractivity contribution is -0.214. The van der Waals surface area contributed by atoms with Gasteiger partial charge in [-0.05, 0) is 62.3 Å². The molecule has 9 aliphatic heterocycles. The molecule has 4 N–H and O–H groups in total. The van der Waals surface area contributed by atoms with Gasteiger partial charge < -0.3 is 154 Å². The zero-order valence-corrected chi connectivity index (χ0v) is 73.4. The van der Waals surface area contributed by atoms with E-state index in [0.29, 0.717) is 195 Å². The van der Waals surface area contributed by atoms with Crippen molar-refractivity contribution < 1.29 is 152 Å². The van der Waals surface area contributed by atoms with Gasteiger partial charge in [-0.25, -0.2) is 18.8 Å². The zero-order valence-electron chi connectivity index (χ0n) is 73.4. The monoisotopic (exact) mass is 1770 g/mol. The predicted octanol–water partition coefficient (Wildman–Crippen LogP) is -0.286. The number of rotatable bonds is 59. The van der Waals surface area contributed by atoms with Crippen molar-refractivity contribution >= 4 is 23.8 Å². The van der Waals surface area contributed by atoms with Gasteiger partial charge in [0.2, 0.25) is 17.7 Å². The standard InChI is InChI=1S/C79H129N13O32/c1-53(93)80-59-62-65(118-73(7,8)115-62)77(50-112-68(59)121-77)13-17-97-21-25-101-29-30-102-26-22-98-18-14-90-39-56(84-87-90)42-109-45-76(83-71(96)124-72(4,5)6,46-110-43-57-40-91(88-85-57)15-19-99-23-27-103-31-33-105-35-37-107-48-78-51-113-69(122-78)60(81-54(2)94)63-66(78)119-74(9,10)116-63)47-111-44-58-41-92(89-86-58)16-20-100-24-28-104-32-34-106-36-38-108-49-79-52-114-70(123-79)61(82-55(3)95)64-67(79)120-75(11,12)117-64/h39-41,59-70H,13-38,42-52H2,1-12H3,(H,80,93)(H,81,94)(H,82,95)(H,83,96)/t59-,60-,61-,62-,63-,64-,65-,66-,67-,68+,69+,70+,77+,78+,79+/m1/s1. The van der Waals surface area contributed by atoms with Gasteiger partial charge in [-0.2, -0.15) is 0 Å². The normalized spacial score (nSPS) is 28.5. The molecule has 6 bridgehead atoms. The van der Waals surface area contributed by atoms with Gasteiger partial charge in [0.05, 0.1) is 250 Å². The van der Waals surface area contributed by atoms with Crippen LogP contribution in [0.15, 0.2) is 18.6 Å². The zero-order chi connectivity index (χ0) is 87.9. The molecule has 45 nitrogen and oxygen atoms in total. The van der Waals surface area contributed by atoms with Gasteiger partial charge in [0.25, 0.3) is 0 Å². The number of amides is 4. The molecule has 0 aliphatic carbocycles. The molecule has 4 amide bonds. The van der Waals surface area contributed by atoms with Gasteiger partial charge in [-0.1, -0.05) is 15.6 Å². The molecular formula is C79H129N13O32. The minimum atomic E-state index is -1.36. The predicted molar refractivity (Wildman–Crippen MR) is 421 cm³/mol. The molecule has 45 heteroatoms. The van der Waals surface area contributed by atoms with E-state index in [9.17, 15) is 19.2 Å². The highest BCUT2D eigenvalue weighted by molar-refractivity contribution is 5.74. The summed E-state index contributed by atoms with van der Waals surface area (Å²) >= 11 is 0. The van der Waals surface area contributed by atoms with Crippen LogP contribution < -0.4 is 21.3 Å². The van der Waals surface area contributed by atoms with Gasteiger partial charge in [0.1, 0.15) is 99.8 Å². The molecule has 702 valence electrons. The minimum Gasteiger partial charge on any atom is -0.444 e. The van der Waals surface area contributed by atoms with E-state index >= 15 is 0 Å². The summed E-state index contributed by atoms with van der Waals surface area (Å²) in [7, 11) is 0. The summed E-state index contributed by atoms with van der Waals surface area (Å²) in [5.74, 6) is -3.22. The van der Waals surface area contributed by atoms with Crippen LogP contribution in [0, 0.1) is 0 Å². The second-order valence-electron chi connectivity index (χ2n) is 34.1. The first kappa shape index (κ1) is 97.1. The summed E-state index contributed by atoms with van der Waals surface area (Å²) < 4.78 is 174. The first-order valence-corrected chi connectivity index (χ1v) is 42.6. The molecule has 15 atom stereocenters. The molecule has 3 aromatic heterocycles. The highest BCUT2D eigenvalue weighted by Crippen LogP contribution is 2.50. The summed E-state index contributed by atoms with van der Waals surface area (Å²) in [6.45, 7) is 30.1. The van der Waals surface area contributed by atoms with E-state index in [4.69, 9.17) is 133 Å². The lowest BCUT2D eigenvalue weighted by Gasteiger charge is -2.42. The minimum absolute atomic E-state index is 0.0000221. The Hall–Kier alpha value is -5.98. The van der Waals surface area contributed by atoms with E-state index in [-0.39, 0.29) is 83.8 Å². The number of fused-ring (bicyclic) bond motifs is 12. The smallest absolute Gasteiger partial charge is 0.408 e. The first-order chi connectivity index (χ1) is 59.5. The maximum Gasteiger partial charge on any atom is 0.408 e. The molecular weight excluding hydrogens is 1640 g/mol. The van der Waals surface area contributed by atoms with E-state index in [0.717, 1.165) is 0 Å². The summed E-state index contributed by atoms with van der Waals surface area (Å²) in [5, 5.41) is 37.5. The average Bonchev–Trinajstić information content (AvgIpc) is 1.58. The number of carbonyl (C=O) groups is 4. The van der Waals surface area contributed by atoms with Crippen LogP contribution >= 0.6 is 0 Å². The number of aromatic nitrogens is 9. The second-order valence-corrected chi connectivity index (χ2v) is 34.1. The molecule has 9 aliphatic rings. The third kappa shape index (κ3) is 28.3. The summed E-state index contributed by atoms with van der Waals surface area (Å²) in [5.41, 5.74) is -3.23. The van der Waals surface area contributed by atoms with Crippen LogP contribution in [0.4, 0.5) is 4.79 Å². The average molecular weight is 1770 g/mol. The number of hydrogen-bond acceptors (Lipinski definition) is 38. The van der Waals surface area contributed by atoms with Gasteiger partial charge in [-0.3, -0.25) is 14.4 Å². The summed E-state index contributed by atoms with van der Waals surface area (Å²) in [4.78, 5) is 49.7. The Kier molecular flexibility index (Phi) is 35.6. The number of carbonyl (C=O) groups excluding carboxylic acids is 4. The quantitative estimate of drug-likeness (QED) is 0.0528. The summed E-state index contributed by atoms with van der Waals surface area (Å²) in [6, 6.07) is -1.52. The number of alkyl carbamates (subject to hydrolysis) is 1. The van der Waals surface area contributed by atoms with Gasteiger partial charge in [-0.15, -0.1) is 15.3 Å². The van der Waals surface area contributed by atoms with Gasteiger partial charge >= 0.3 is 6.09 Å². The number of nitrogens with zero attached hydrogens (tertiary/aromatic N) is 9. The SMILES string of the molecule is CC(=O)N[C@H]1[C@H]2OC[C@](CCOCCOCCOCCOCCn3cc(COCC(COCc4cn(CCOCCOCCOCCOC[C@@]56CO[C@@H](O5)[C@H](NC(C)=O)[C@H]5OC(C)(C)O[C@H]56)nn4)(COCc4cn(CCOCCOCCOCCOC[C@@]56CO[C@@H](O5)[C@H](NC(C)=O)[C@H]5OC(C)(C)O[C@H]56)nn4)NC(=O)OC(C)(C)C)nn3)(O2)[C@@H]2OC(C)(C)O[C@H]12. The fraction of sp³-hybridized carbons (Fsp3) is 0.873. The van der Waals surface area contributed by atoms with E-state index in [1.807, 2.05) is 41.5 Å². The molecule has 0 radical (unpaired) electrons. The largest absolute Gasteiger partial charge is 0.444 e. The lowest BCUT2D eigenvalue weighted by Crippen LogP contribution is -2.65. The molecule has 3 aromatic rings. The molecule has 12 heterocycles. The third-order valence-electron chi connectivity index (χ3n) is 21.0. The number of hydrogen-bond donors (Lipinski definition) is 4. The van der Waals surface area contributed by atoms with E-state index in [1.54, 1.807) is 53.4 Å². The Labute approximate surface area is 721 Å². The van der Waals surface area contributed by atoms with E-state index in [2.05, 4.69) is 52.2 Å². The molecule has 0 unspecified atom stereocenters. The Bertz CT molecular complexity index is 3620. The molecule has 124 heavy (non-hydrogen) atoms. The Morgan fingerprint density at radius 3 is 0.976 bits per heavy atom. The molecule has 0 aromatic carbocycles. The molecule has 9 fully saturated rings. The molecule has 12 rings (SSSR count). The van der Waals surface area contributed by atoms with Crippen LogP contribution in [0.5, 0.6) is 0 Å². The molecule has 9 saturated heterocycles. The molecule has 0 saturated carbocycles. The summed E-state index contributed by atoms with van der Waals surface area (Å²) in [6.07, 6.45) is 0.186. The first-order valence-electron chi connectivity index (χ1n) is 42.6. The highest BCUT2D eigenvalue weighted by atomic mass is 16.8. The van der Waals surface area contributed by atoms with Crippen LogP contribution in [0.25, 0.3) is 0 Å². The van der Waals surface area contributed by atoms with Crippen molar-refractivity contribution in [3.63, 3.8) is 0 Å². The fourth-order valence-electron chi connectivity index (χ4n) is 15.8.